The van der Waals surface area contributed by atoms with Crippen LogP contribution in [0.5, 0.6) is 0 Å². The molecule has 1 saturated carbocycles. The SMILES string of the molecule is O=C(c1cccnc1)N1CCO[C@H]2[C@@H](OCc3ccccn3)CC[C@@H]21. The van der Waals surface area contributed by atoms with Gasteiger partial charge in [0.2, 0.25) is 0 Å². The van der Waals surface area contributed by atoms with Gasteiger partial charge in [0.25, 0.3) is 5.91 Å². The second-order valence-electron chi connectivity index (χ2n) is 6.39. The van der Waals surface area contributed by atoms with Crippen LogP contribution in [-0.2, 0) is 16.1 Å². The van der Waals surface area contributed by atoms with Gasteiger partial charge < -0.3 is 14.4 Å². The number of carbonyl (C=O) groups is 1. The molecule has 1 amide bonds. The third kappa shape index (κ3) is 3.41. The quantitative estimate of drug-likeness (QED) is 0.853. The highest BCUT2D eigenvalue weighted by atomic mass is 16.5. The van der Waals surface area contributed by atoms with Gasteiger partial charge in [0, 0.05) is 25.1 Å². The summed E-state index contributed by atoms with van der Waals surface area (Å²) in [7, 11) is 0. The molecule has 2 aliphatic rings. The Balaban J connectivity index is 1.42. The van der Waals surface area contributed by atoms with Crippen LogP contribution >= 0.6 is 0 Å². The standard InChI is InChI=1S/C19H21N3O3/c23-19(14-4-3-8-20-12-14)22-10-11-24-18-16(22)6-7-17(18)25-13-15-5-1-2-9-21-15/h1-5,8-9,12,16-18H,6-7,10-11,13H2/t16-,17-,18+/m0/s1. The first-order chi connectivity index (χ1) is 12.3. The highest BCUT2D eigenvalue weighted by Gasteiger charge is 2.45. The summed E-state index contributed by atoms with van der Waals surface area (Å²) in [5, 5.41) is 0. The number of rotatable bonds is 4. The van der Waals surface area contributed by atoms with E-state index in [0.717, 1.165) is 18.5 Å². The lowest BCUT2D eigenvalue weighted by atomic mass is 10.1. The molecule has 2 fully saturated rings. The molecule has 1 aliphatic heterocycles. The lowest BCUT2D eigenvalue weighted by Crippen LogP contribution is -2.53. The zero-order valence-electron chi connectivity index (χ0n) is 14.0. The van der Waals surface area contributed by atoms with Crippen LogP contribution in [0.25, 0.3) is 0 Å². The van der Waals surface area contributed by atoms with E-state index >= 15 is 0 Å². The number of hydrogen-bond donors (Lipinski definition) is 0. The van der Waals surface area contributed by atoms with Gasteiger partial charge >= 0.3 is 0 Å². The summed E-state index contributed by atoms with van der Waals surface area (Å²) in [6, 6.07) is 9.46. The number of carbonyl (C=O) groups excluding carboxylic acids is 1. The van der Waals surface area contributed by atoms with Gasteiger partial charge in [-0.05, 0) is 37.1 Å². The summed E-state index contributed by atoms with van der Waals surface area (Å²) >= 11 is 0. The van der Waals surface area contributed by atoms with E-state index in [1.54, 1.807) is 24.7 Å². The van der Waals surface area contributed by atoms with Crippen molar-refractivity contribution >= 4 is 5.91 Å². The molecule has 3 atom stereocenters. The molecule has 6 heteroatoms. The topological polar surface area (TPSA) is 64.6 Å². The van der Waals surface area contributed by atoms with Crippen molar-refractivity contribution in [1.82, 2.24) is 14.9 Å². The molecule has 0 unspecified atom stereocenters. The van der Waals surface area contributed by atoms with E-state index in [-0.39, 0.29) is 24.2 Å². The van der Waals surface area contributed by atoms with Crippen LogP contribution in [-0.4, -0.2) is 52.2 Å². The Kier molecular flexibility index (Phi) is 4.72. The van der Waals surface area contributed by atoms with E-state index in [1.165, 1.54) is 0 Å². The fourth-order valence-electron chi connectivity index (χ4n) is 3.68. The van der Waals surface area contributed by atoms with Crippen LogP contribution in [0.1, 0.15) is 28.9 Å². The van der Waals surface area contributed by atoms with Gasteiger partial charge in [0.05, 0.1) is 36.6 Å². The first kappa shape index (κ1) is 16.2. The molecule has 0 spiro atoms. The molecule has 2 aromatic heterocycles. The van der Waals surface area contributed by atoms with E-state index in [4.69, 9.17) is 9.47 Å². The monoisotopic (exact) mass is 339 g/mol. The second kappa shape index (κ2) is 7.29. The molecular weight excluding hydrogens is 318 g/mol. The molecule has 130 valence electrons. The normalized spacial score (nSPS) is 25.6. The van der Waals surface area contributed by atoms with E-state index in [9.17, 15) is 4.79 Å². The minimum Gasteiger partial charge on any atom is -0.372 e. The maximum absolute atomic E-state index is 12.8. The molecular formula is C19H21N3O3. The Bertz CT molecular complexity index is 710. The van der Waals surface area contributed by atoms with Crippen molar-refractivity contribution in [1.29, 1.82) is 0 Å². The first-order valence-corrected chi connectivity index (χ1v) is 8.67. The van der Waals surface area contributed by atoms with Crippen LogP contribution in [0.2, 0.25) is 0 Å². The molecule has 6 nitrogen and oxygen atoms in total. The maximum Gasteiger partial charge on any atom is 0.255 e. The van der Waals surface area contributed by atoms with Crippen molar-refractivity contribution in [2.75, 3.05) is 13.2 Å². The lowest BCUT2D eigenvalue weighted by Gasteiger charge is -2.39. The van der Waals surface area contributed by atoms with E-state index in [1.807, 2.05) is 29.2 Å². The zero-order valence-corrected chi connectivity index (χ0v) is 14.0. The smallest absolute Gasteiger partial charge is 0.255 e. The molecule has 1 saturated heterocycles. The summed E-state index contributed by atoms with van der Waals surface area (Å²) < 4.78 is 12.0. The van der Waals surface area contributed by atoms with Gasteiger partial charge in [-0.2, -0.15) is 0 Å². The summed E-state index contributed by atoms with van der Waals surface area (Å²) in [5.41, 5.74) is 1.53. The predicted octanol–water partition coefficient (Wildman–Crippen LogP) is 2.07. The van der Waals surface area contributed by atoms with E-state index in [0.29, 0.717) is 25.3 Å². The number of nitrogens with zero attached hydrogens (tertiary/aromatic N) is 3. The minimum absolute atomic E-state index is 0.00324. The average molecular weight is 339 g/mol. The number of pyridine rings is 2. The van der Waals surface area contributed by atoms with Crippen molar-refractivity contribution in [2.24, 2.45) is 0 Å². The molecule has 0 radical (unpaired) electrons. The van der Waals surface area contributed by atoms with E-state index < -0.39 is 0 Å². The molecule has 0 N–H and O–H groups in total. The van der Waals surface area contributed by atoms with Gasteiger partial charge in [0.1, 0.15) is 6.10 Å². The Morgan fingerprint density at radius 3 is 3.00 bits per heavy atom. The zero-order chi connectivity index (χ0) is 17.1. The highest BCUT2D eigenvalue weighted by Crippen LogP contribution is 2.33. The van der Waals surface area contributed by atoms with Crippen molar-refractivity contribution in [3.8, 4) is 0 Å². The molecule has 2 aromatic rings. The van der Waals surface area contributed by atoms with Gasteiger partial charge in [0.15, 0.2) is 0 Å². The second-order valence-corrected chi connectivity index (χ2v) is 6.39. The number of fused-ring (bicyclic) bond motifs is 1. The number of amides is 1. The fraction of sp³-hybridized carbons (Fsp3) is 0.421. The molecule has 0 bridgehead atoms. The fourth-order valence-corrected chi connectivity index (χ4v) is 3.68. The Labute approximate surface area is 146 Å². The number of morpholine rings is 1. The third-order valence-corrected chi connectivity index (χ3v) is 4.88. The molecule has 0 aromatic carbocycles. The van der Waals surface area contributed by atoms with Crippen molar-refractivity contribution in [3.05, 3.63) is 60.2 Å². The van der Waals surface area contributed by atoms with Gasteiger partial charge in [-0.25, -0.2) is 0 Å². The number of ether oxygens (including phenoxy) is 2. The Hall–Kier alpha value is -2.31. The average Bonchev–Trinajstić information content (AvgIpc) is 3.10. The lowest BCUT2D eigenvalue weighted by molar-refractivity contribution is -0.109. The molecule has 1 aliphatic carbocycles. The minimum atomic E-state index is -0.0712. The van der Waals surface area contributed by atoms with E-state index in [2.05, 4.69) is 9.97 Å². The van der Waals surface area contributed by atoms with Crippen molar-refractivity contribution in [3.63, 3.8) is 0 Å². The summed E-state index contributed by atoms with van der Waals surface area (Å²) in [5.74, 6) is 0.0248. The number of hydrogen-bond acceptors (Lipinski definition) is 5. The predicted molar refractivity (Wildman–Crippen MR) is 90.8 cm³/mol. The third-order valence-electron chi connectivity index (χ3n) is 4.88. The molecule has 3 heterocycles. The van der Waals surface area contributed by atoms with Crippen LogP contribution in [0.4, 0.5) is 0 Å². The van der Waals surface area contributed by atoms with Gasteiger partial charge in [-0.15, -0.1) is 0 Å². The van der Waals surface area contributed by atoms with Gasteiger partial charge in [-0.1, -0.05) is 6.07 Å². The first-order valence-electron chi connectivity index (χ1n) is 8.67. The van der Waals surface area contributed by atoms with Gasteiger partial charge in [-0.3, -0.25) is 14.8 Å². The van der Waals surface area contributed by atoms with Crippen LogP contribution in [0.15, 0.2) is 48.9 Å². The summed E-state index contributed by atoms with van der Waals surface area (Å²) in [6.45, 7) is 1.62. The van der Waals surface area contributed by atoms with Crippen LogP contribution in [0.3, 0.4) is 0 Å². The Morgan fingerprint density at radius 2 is 2.20 bits per heavy atom. The summed E-state index contributed by atoms with van der Waals surface area (Å²) in [6.07, 6.45) is 6.77. The largest absolute Gasteiger partial charge is 0.372 e. The Morgan fingerprint density at radius 1 is 1.24 bits per heavy atom. The maximum atomic E-state index is 12.8. The highest BCUT2D eigenvalue weighted by molar-refractivity contribution is 5.94. The van der Waals surface area contributed by atoms with Crippen molar-refractivity contribution in [2.45, 2.75) is 37.7 Å². The number of aromatic nitrogens is 2. The van der Waals surface area contributed by atoms with Crippen LogP contribution in [0, 0.1) is 0 Å². The molecule has 4 rings (SSSR count). The summed E-state index contributed by atoms with van der Waals surface area (Å²) in [4.78, 5) is 23.1. The van der Waals surface area contributed by atoms with Crippen molar-refractivity contribution < 1.29 is 14.3 Å². The van der Waals surface area contributed by atoms with Crippen LogP contribution < -0.4 is 0 Å². The molecule has 25 heavy (non-hydrogen) atoms.